The first-order chi connectivity index (χ1) is 11.5. The first kappa shape index (κ1) is 16.9. The maximum Gasteiger partial charge on any atom is 0.320 e. The number of carbonyl (C=O) groups excluding carboxylic acids is 2. The molecule has 2 aromatic heterocycles. The number of nitrogens with zero attached hydrogens (tertiary/aromatic N) is 3. The van der Waals surface area contributed by atoms with E-state index in [1.165, 1.54) is 20.2 Å². The maximum absolute atomic E-state index is 12.1. The number of rotatable bonds is 4. The summed E-state index contributed by atoms with van der Waals surface area (Å²) in [5, 5.41) is 5.15. The van der Waals surface area contributed by atoms with Gasteiger partial charge in [0.2, 0.25) is 0 Å². The van der Waals surface area contributed by atoms with Crippen molar-refractivity contribution in [3.05, 3.63) is 23.0 Å². The summed E-state index contributed by atoms with van der Waals surface area (Å²) >= 11 is 6.25. The highest BCUT2D eigenvalue weighted by atomic mass is 35.5. The molecule has 0 aromatic carbocycles. The van der Waals surface area contributed by atoms with Gasteiger partial charge in [-0.1, -0.05) is 11.6 Å². The molecule has 0 bridgehead atoms. The molecule has 1 aliphatic rings. The molecule has 7 nitrogen and oxygen atoms in total. The standard InChI is InChI=1S/C16H18ClN3O4/c1-9(21)13(16(22)23-2)14-10-7-19-20(12-5-3-4-6-24-12)15(10)18-8-11(14)17/h7-8,12-13H,3-6H2,1-2H3. The van der Waals surface area contributed by atoms with Crippen molar-refractivity contribution < 1.29 is 19.1 Å². The zero-order valence-corrected chi connectivity index (χ0v) is 14.2. The minimum Gasteiger partial charge on any atom is -0.468 e. The van der Waals surface area contributed by atoms with E-state index in [-0.39, 0.29) is 17.0 Å². The van der Waals surface area contributed by atoms with Crippen LogP contribution in [0.25, 0.3) is 11.0 Å². The topological polar surface area (TPSA) is 83.3 Å². The van der Waals surface area contributed by atoms with Crippen molar-refractivity contribution in [2.45, 2.75) is 38.3 Å². The molecule has 0 saturated carbocycles. The number of methoxy groups -OCH3 is 1. The Balaban J connectivity index is 2.14. The third kappa shape index (κ3) is 2.89. The Kier molecular flexibility index (Phi) is 4.82. The van der Waals surface area contributed by atoms with Gasteiger partial charge in [-0.2, -0.15) is 5.10 Å². The van der Waals surface area contributed by atoms with Gasteiger partial charge >= 0.3 is 5.97 Å². The Labute approximate surface area is 143 Å². The Hall–Kier alpha value is -1.99. The number of ketones is 1. The Morgan fingerprint density at radius 2 is 2.21 bits per heavy atom. The second-order valence-corrected chi connectivity index (χ2v) is 6.14. The number of carbonyl (C=O) groups is 2. The summed E-state index contributed by atoms with van der Waals surface area (Å²) in [4.78, 5) is 28.4. The van der Waals surface area contributed by atoms with Crippen LogP contribution in [-0.2, 0) is 19.1 Å². The van der Waals surface area contributed by atoms with Crippen LogP contribution in [0.5, 0.6) is 0 Å². The zero-order chi connectivity index (χ0) is 17.3. The number of pyridine rings is 1. The smallest absolute Gasteiger partial charge is 0.320 e. The molecule has 0 aliphatic carbocycles. The lowest BCUT2D eigenvalue weighted by Gasteiger charge is -2.23. The lowest BCUT2D eigenvalue weighted by Crippen LogP contribution is -2.22. The number of aromatic nitrogens is 3. The fourth-order valence-electron chi connectivity index (χ4n) is 3.02. The van der Waals surface area contributed by atoms with Crippen LogP contribution < -0.4 is 0 Å². The first-order valence-corrected chi connectivity index (χ1v) is 8.14. The molecule has 3 rings (SSSR count). The van der Waals surface area contributed by atoms with E-state index >= 15 is 0 Å². The number of ether oxygens (including phenoxy) is 2. The van der Waals surface area contributed by atoms with Crippen LogP contribution >= 0.6 is 11.6 Å². The van der Waals surface area contributed by atoms with Crippen LogP contribution in [-0.4, -0.2) is 40.2 Å². The summed E-state index contributed by atoms with van der Waals surface area (Å²) in [5.41, 5.74) is 0.916. The predicted octanol–water partition coefficient (Wildman–Crippen LogP) is 2.63. The highest BCUT2D eigenvalue weighted by Gasteiger charge is 2.32. The number of fused-ring (bicyclic) bond motifs is 1. The van der Waals surface area contributed by atoms with E-state index in [0.717, 1.165) is 19.3 Å². The van der Waals surface area contributed by atoms with Gasteiger partial charge < -0.3 is 9.47 Å². The van der Waals surface area contributed by atoms with Gasteiger partial charge in [0, 0.05) is 23.8 Å². The molecule has 8 heteroatoms. The van der Waals surface area contributed by atoms with E-state index in [1.54, 1.807) is 10.9 Å². The first-order valence-electron chi connectivity index (χ1n) is 7.76. The minimum atomic E-state index is -1.10. The molecular weight excluding hydrogens is 334 g/mol. The highest BCUT2D eigenvalue weighted by Crippen LogP contribution is 2.34. The van der Waals surface area contributed by atoms with Gasteiger partial charge in [-0.15, -0.1) is 0 Å². The van der Waals surface area contributed by atoms with Crippen molar-refractivity contribution >= 4 is 34.4 Å². The molecule has 0 radical (unpaired) electrons. The molecule has 1 saturated heterocycles. The van der Waals surface area contributed by atoms with Crippen molar-refractivity contribution in [3.8, 4) is 0 Å². The average Bonchev–Trinajstić information content (AvgIpc) is 3.01. The molecule has 0 spiro atoms. The lowest BCUT2D eigenvalue weighted by atomic mass is 9.94. The second-order valence-electron chi connectivity index (χ2n) is 5.73. The fraction of sp³-hybridized carbons (Fsp3) is 0.500. The monoisotopic (exact) mass is 351 g/mol. The van der Waals surface area contributed by atoms with Gasteiger partial charge in [0.25, 0.3) is 0 Å². The second kappa shape index (κ2) is 6.86. The molecule has 0 N–H and O–H groups in total. The largest absolute Gasteiger partial charge is 0.468 e. The molecule has 0 amide bonds. The molecular formula is C16H18ClN3O4. The van der Waals surface area contributed by atoms with Gasteiger partial charge in [0.15, 0.2) is 11.9 Å². The Bertz CT molecular complexity index is 783. The van der Waals surface area contributed by atoms with Crippen LogP contribution in [0.2, 0.25) is 5.02 Å². The molecule has 128 valence electrons. The minimum absolute atomic E-state index is 0.202. The quantitative estimate of drug-likeness (QED) is 0.622. The number of hydrogen-bond acceptors (Lipinski definition) is 6. The highest BCUT2D eigenvalue weighted by molar-refractivity contribution is 6.33. The maximum atomic E-state index is 12.1. The van der Waals surface area contributed by atoms with Crippen molar-refractivity contribution in [2.75, 3.05) is 13.7 Å². The van der Waals surface area contributed by atoms with Crippen LogP contribution in [0.1, 0.15) is 43.9 Å². The third-order valence-electron chi connectivity index (χ3n) is 4.18. The van der Waals surface area contributed by atoms with Gasteiger partial charge in [-0.3, -0.25) is 9.59 Å². The number of hydrogen-bond donors (Lipinski definition) is 0. The molecule has 2 atom stereocenters. The zero-order valence-electron chi connectivity index (χ0n) is 13.5. The van der Waals surface area contributed by atoms with Crippen LogP contribution in [0.4, 0.5) is 0 Å². The summed E-state index contributed by atoms with van der Waals surface area (Å²) in [6.07, 6.45) is 5.70. The fourth-order valence-corrected chi connectivity index (χ4v) is 3.28. The van der Waals surface area contributed by atoms with E-state index in [2.05, 4.69) is 10.1 Å². The third-order valence-corrected chi connectivity index (χ3v) is 4.48. The molecule has 1 aliphatic heterocycles. The van der Waals surface area contributed by atoms with Gasteiger partial charge in [0.05, 0.1) is 18.3 Å². The van der Waals surface area contributed by atoms with Crippen molar-refractivity contribution in [3.63, 3.8) is 0 Å². The SMILES string of the molecule is COC(=O)C(C(C)=O)c1c(Cl)cnc2c1cnn2C1CCCCO1. The summed E-state index contributed by atoms with van der Waals surface area (Å²) in [6.45, 7) is 2.00. The van der Waals surface area contributed by atoms with E-state index in [0.29, 0.717) is 23.2 Å². The van der Waals surface area contributed by atoms with E-state index in [4.69, 9.17) is 21.1 Å². The normalized spacial score (nSPS) is 19.2. The van der Waals surface area contributed by atoms with E-state index in [9.17, 15) is 9.59 Å². The molecule has 1 fully saturated rings. The van der Waals surface area contributed by atoms with Crippen molar-refractivity contribution in [2.24, 2.45) is 0 Å². The van der Waals surface area contributed by atoms with Gasteiger partial charge in [-0.25, -0.2) is 9.67 Å². The molecule has 3 heterocycles. The number of halogens is 1. The van der Waals surface area contributed by atoms with Crippen LogP contribution in [0.3, 0.4) is 0 Å². The molecule has 24 heavy (non-hydrogen) atoms. The van der Waals surface area contributed by atoms with Gasteiger partial charge in [-0.05, 0) is 26.2 Å². The Morgan fingerprint density at radius 1 is 1.42 bits per heavy atom. The summed E-state index contributed by atoms with van der Waals surface area (Å²) in [5.74, 6) is -2.10. The van der Waals surface area contributed by atoms with Crippen molar-refractivity contribution in [1.29, 1.82) is 0 Å². The number of esters is 1. The van der Waals surface area contributed by atoms with Crippen LogP contribution in [0, 0.1) is 0 Å². The van der Waals surface area contributed by atoms with Crippen molar-refractivity contribution in [1.82, 2.24) is 14.8 Å². The van der Waals surface area contributed by atoms with Crippen LogP contribution in [0.15, 0.2) is 12.4 Å². The summed E-state index contributed by atoms with van der Waals surface area (Å²) in [7, 11) is 1.24. The molecule has 2 aromatic rings. The van der Waals surface area contributed by atoms with E-state index < -0.39 is 11.9 Å². The summed E-state index contributed by atoms with van der Waals surface area (Å²) in [6, 6.07) is 0. The Morgan fingerprint density at radius 3 is 2.83 bits per heavy atom. The predicted molar refractivity (Wildman–Crippen MR) is 86.8 cm³/mol. The lowest BCUT2D eigenvalue weighted by molar-refractivity contribution is -0.145. The number of Topliss-reactive ketones (excluding diaryl/α,β-unsaturated/α-hetero) is 1. The average molecular weight is 352 g/mol. The van der Waals surface area contributed by atoms with E-state index in [1.807, 2.05) is 0 Å². The summed E-state index contributed by atoms with van der Waals surface area (Å²) < 4.78 is 12.2. The van der Waals surface area contributed by atoms with Gasteiger partial charge in [0.1, 0.15) is 11.7 Å². The molecule has 2 unspecified atom stereocenters.